The molecular weight excluding hydrogens is 262 g/mol. The zero-order valence-corrected chi connectivity index (χ0v) is 11.0. The summed E-state index contributed by atoms with van der Waals surface area (Å²) in [6, 6.07) is 1.20. The highest BCUT2D eigenvalue weighted by Crippen LogP contribution is 2.24. The molecule has 0 radical (unpaired) electrons. The van der Waals surface area contributed by atoms with Crippen LogP contribution in [0.3, 0.4) is 0 Å². The Bertz CT molecular complexity index is 555. The van der Waals surface area contributed by atoms with Crippen LogP contribution in [0.1, 0.15) is 25.7 Å². The Kier molecular flexibility index (Phi) is 4.49. The van der Waals surface area contributed by atoms with Gasteiger partial charge in [0.1, 0.15) is 6.54 Å². The van der Waals surface area contributed by atoms with Crippen molar-refractivity contribution in [2.45, 2.75) is 38.3 Å². The first kappa shape index (κ1) is 14.2. The highest BCUT2D eigenvalue weighted by molar-refractivity contribution is 5.78. The molecule has 0 spiro atoms. The molecule has 2 N–H and O–H groups in total. The smallest absolute Gasteiger partial charge is 0.347 e. The van der Waals surface area contributed by atoms with Gasteiger partial charge < -0.3 is 10.4 Å². The number of amides is 1. The number of aliphatic carboxylic acids is 1. The summed E-state index contributed by atoms with van der Waals surface area (Å²) in [4.78, 5) is 38.0. The second kappa shape index (κ2) is 6.31. The lowest BCUT2D eigenvalue weighted by atomic mass is 9.84. The van der Waals surface area contributed by atoms with Gasteiger partial charge in [0, 0.05) is 18.4 Å². The van der Waals surface area contributed by atoms with Crippen molar-refractivity contribution in [2.75, 3.05) is 0 Å². The number of hydrogen-bond acceptors (Lipinski definition) is 4. The van der Waals surface area contributed by atoms with E-state index < -0.39 is 17.6 Å². The van der Waals surface area contributed by atoms with E-state index in [0.29, 0.717) is 12.8 Å². The van der Waals surface area contributed by atoms with Gasteiger partial charge in [0.15, 0.2) is 0 Å². The van der Waals surface area contributed by atoms with E-state index in [1.54, 1.807) is 6.07 Å². The number of nitrogens with zero attached hydrogens (tertiary/aromatic N) is 2. The van der Waals surface area contributed by atoms with Crippen molar-refractivity contribution in [3.05, 3.63) is 28.9 Å². The van der Waals surface area contributed by atoms with E-state index in [9.17, 15) is 14.4 Å². The standard InChI is InChI=1S/C13H17N3O4/c17-11(8-16-7-3-6-14-13(16)20)15-10-5-2-1-4-9(10)12(18)19/h3,6-7,9-10H,1-2,4-5,8H2,(H,15,17)(H,18,19). The predicted octanol–water partition coefficient (Wildman–Crippen LogP) is 0.00290. The zero-order chi connectivity index (χ0) is 14.5. The van der Waals surface area contributed by atoms with Crippen LogP contribution in [0, 0.1) is 5.92 Å². The van der Waals surface area contributed by atoms with Crippen molar-refractivity contribution in [1.29, 1.82) is 0 Å². The quantitative estimate of drug-likeness (QED) is 0.808. The van der Waals surface area contributed by atoms with Gasteiger partial charge >= 0.3 is 11.7 Å². The largest absolute Gasteiger partial charge is 0.481 e. The SMILES string of the molecule is O=C(Cn1cccnc1=O)NC1CCCCC1C(=O)O. The fourth-order valence-electron chi connectivity index (χ4n) is 2.51. The Labute approximate surface area is 115 Å². The minimum absolute atomic E-state index is 0.143. The normalized spacial score (nSPS) is 22.2. The third kappa shape index (κ3) is 3.43. The number of carbonyl (C=O) groups excluding carboxylic acids is 1. The van der Waals surface area contributed by atoms with E-state index in [4.69, 9.17) is 5.11 Å². The fraction of sp³-hybridized carbons (Fsp3) is 0.538. The fourth-order valence-corrected chi connectivity index (χ4v) is 2.51. The first-order chi connectivity index (χ1) is 9.58. The summed E-state index contributed by atoms with van der Waals surface area (Å²) < 4.78 is 1.19. The molecule has 1 fully saturated rings. The summed E-state index contributed by atoms with van der Waals surface area (Å²) in [6.07, 6.45) is 5.84. The molecule has 0 saturated heterocycles. The summed E-state index contributed by atoms with van der Waals surface area (Å²) >= 11 is 0. The molecule has 108 valence electrons. The molecule has 0 aliphatic heterocycles. The zero-order valence-electron chi connectivity index (χ0n) is 11.0. The average molecular weight is 279 g/mol. The van der Waals surface area contributed by atoms with E-state index in [1.807, 2.05) is 0 Å². The summed E-state index contributed by atoms with van der Waals surface area (Å²) in [6.45, 7) is -0.143. The van der Waals surface area contributed by atoms with Gasteiger partial charge in [0.05, 0.1) is 5.92 Å². The number of carboxylic acids is 1. The van der Waals surface area contributed by atoms with Gasteiger partial charge in [-0.3, -0.25) is 14.2 Å². The molecule has 1 saturated carbocycles. The Hall–Kier alpha value is -2.18. The van der Waals surface area contributed by atoms with Crippen LogP contribution >= 0.6 is 0 Å². The summed E-state index contributed by atoms with van der Waals surface area (Å²) in [5.41, 5.74) is -0.499. The van der Waals surface area contributed by atoms with E-state index in [0.717, 1.165) is 12.8 Å². The van der Waals surface area contributed by atoms with Crippen LogP contribution in [0.15, 0.2) is 23.3 Å². The van der Waals surface area contributed by atoms with Gasteiger partial charge in [0.2, 0.25) is 5.91 Å². The number of rotatable bonds is 4. The van der Waals surface area contributed by atoms with Crippen LogP contribution in [0.4, 0.5) is 0 Å². The maximum absolute atomic E-state index is 11.9. The lowest BCUT2D eigenvalue weighted by Gasteiger charge is -2.29. The van der Waals surface area contributed by atoms with Crippen LogP contribution in [0.5, 0.6) is 0 Å². The number of nitrogens with one attached hydrogen (secondary N) is 1. The van der Waals surface area contributed by atoms with Crippen LogP contribution < -0.4 is 11.0 Å². The van der Waals surface area contributed by atoms with E-state index in [2.05, 4.69) is 10.3 Å². The molecule has 1 aromatic rings. The molecule has 1 aliphatic carbocycles. The maximum Gasteiger partial charge on any atom is 0.347 e. The van der Waals surface area contributed by atoms with Crippen LogP contribution in [0.25, 0.3) is 0 Å². The molecule has 1 heterocycles. The molecule has 2 atom stereocenters. The van der Waals surface area contributed by atoms with Crippen molar-refractivity contribution in [3.63, 3.8) is 0 Å². The van der Waals surface area contributed by atoms with Gasteiger partial charge in [-0.15, -0.1) is 0 Å². The van der Waals surface area contributed by atoms with E-state index in [1.165, 1.54) is 17.0 Å². The molecule has 1 aliphatic rings. The molecule has 0 aromatic carbocycles. The lowest BCUT2D eigenvalue weighted by Crippen LogP contribution is -2.46. The maximum atomic E-state index is 11.9. The average Bonchev–Trinajstić information content (AvgIpc) is 2.41. The monoisotopic (exact) mass is 279 g/mol. The first-order valence-corrected chi connectivity index (χ1v) is 6.61. The van der Waals surface area contributed by atoms with Crippen molar-refractivity contribution < 1.29 is 14.7 Å². The molecule has 2 rings (SSSR count). The van der Waals surface area contributed by atoms with Crippen LogP contribution in [0.2, 0.25) is 0 Å². The Morgan fingerprint density at radius 2 is 2.15 bits per heavy atom. The Morgan fingerprint density at radius 3 is 2.85 bits per heavy atom. The Balaban J connectivity index is 1.98. The van der Waals surface area contributed by atoms with E-state index >= 15 is 0 Å². The summed E-state index contributed by atoms with van der Waals surface area (Å²) in [5, 5.41) is 11.9. The number of carboxylic acid groups (broad SMARTS) is 1. The van der Waals surface area contributed by atoms with Gasteiger partial charge in [-0.05, 0) is 18.9 Å². The van der Waals surface area contributed by atoms with Crippen molar-refractivity contribution >= 4 is 11.9 Å². The molecule has 7 heteroatoms. The third-order valence-electron chi connectivity index (χ3n) is 3.53. The second-order valence-electron chi connectivity index (χ2n) is 4.93. The molecule has 1 amide bonds. The Morgan fingerprint density at radius 1 is 1.40 bits per heavy atom. The number of carbonyl (C=O) groups is 2. The highest BCUT2D eigenvalue weighted by atomic mass is 16.4. The molecule has 7 nitrogen and oxygen atoms in total. The predicted molar refractivity (Wildman–Crippen MR) is 70.0 cm³/mol. The van der Waals surface area contributed by atoms with Crippen molar-refractivity contribution in [1.82, 2.24) is 14.9 Å². The third-order valence-corrected chi connectivity index (χ3v) is 3.53. The van der Waals surface area contributed by atoms with E-state index in [-0.39, 0.29) is 18.5 Å². The molecule has 0 bridgehead atoms. The minimum atomic E-state index is -0.881. The second-order valence-corrected chi connectivity index (χ2v) is 4.93. The molecule has 2 unspecified atom stereocenters. The summed E-state index contributed by atoms with van der Waals surface area (Å²) in [5.74, 6) is -1.79. The minimum Gasteiger partial charge on any atom is -0.481 e. The first-order valence-electron chi connectivity index (χ1n) is 6.61. The van der Waals surface area contributed by atoms with Gasteiger partial charge in [0.25, 0.3) is 0 Å². The van der Waals surface area contributed by atoms with Gasteiger partial charge in [-0.25, -0.2) is 9.78 Å². The van der Waals surface area contributed by atoms with Gasteiger partial charge in [-0.2, -0.15) is 0 Å². The van der Waals surface area contributed by atoms with Crippen molar-refractivity contribution in [3.8, 4) is 0 Å². The molecule has 20 heavy (non-hydrogen) atoms. The van der Waals surface area contributed by atoms with Crippen molar-refractivity contribution in [2.24, 2.45) is 5.92 Å². The van der Waals surface area contributed by atoms with Crippen LogP contribution in [-0.4, -0.2) is 32.6 Å². The highest BCUT2D eigenvalue weighted by Gasteiger charge is 2.31. The van der Waals surface area contributed by atoms with Gasteiger partial charge in [-0.1, -0.05) is 12.8 Å². The topological polar surface area (TPSA) is 101 Å². The molecular formula is C13H17N3O4. The van der Waals surface area contributed by atoms with Crippen LogP contribution in [-0.2, 0) is 16.1 Å². The summed E-state index contributed by atoms with van der Waals surface area (Å²) in [7, 11) is 0. The lowest BCUT2D eigenvalue weighted by molar-refractivity contribution is -0.144. The number of hydrogen-bond donors (Lipinski definition) is 2. The molecule has 1 aromatic heterocycles. The number of aromatic nitrogens is 2.